The number of halogens is 1. The Hall–Kier alpha value is -2.85. The molecule has 4 heteroatoms. The van der Waals surface area contributed by atoms with Crippen molar-refractivity contribution in [2.45, 2.75) is 6.04 Å². The summed E-state index contributed by atoms with van der Waals surface area (Å²) in [4.78, 5) is 4.64. The van der Waals surface area contributed by atoms with Crippen LogP contribution in [0.15, 0.2) is 78.9 Å². The molecule has 28 heavy (non-hydrogen) atoms. The van der Waals surface area contributed by atoms with E-state index >= 15 is 0 Å². The number of rotatable bonds is 5. The number of benzene rings is 3. The van der Waals surface area contributed by atoms with Crippen LogP contribution in [0.5, 0.6) is 0 Å². The van der Waals surface area contributed by atoms with Gasteiger partial charge in [-0.3, -0.25) is 0 Å². The van der Waals surface area contributed by atoms with Crippen LogP contribution in [0.1, 0.15) is 17.2 Å². The number of piperazine rings is 1. The van der Waals surface area contributed by atoms with Crippen molar-refractivity contribution in [2.75, 3.05) is 43.4 Å². The summed E-state index contributed by atoms with van der Waals surface area (Å²) < 4.78 is 14.7. The van der Waals surface area contributed by atoms with Crippen LogP contribution < -0.4 is 10.2 Å². The number of hydrogen-bond acceptors (Lipinski definition) is 3. The molecule has 4 rings (SSSR count). The zero-order valence-corrected chi connectivity index (χ0v) is 16.2. The monoisotopic (exact) mass is 375 g/mol. The lowest BCUT2D eigenvalue weighted by atomic mass is 9.98. The molecule has 1 N–H and O–H groups in total. The maximum atomic E-state index is 14.7. The standard InChI is InChI=1S/C24H26FN3/c1-27-14-16-28(17-15-27)21-12-13-22(25)23(18-21)26-24(19-8-4-2-5-9-19)20-10-6-3-7-11-20/h2-13,18,24,26H,14-17H2,1H3. The summed E-state index contributed by atoms with van der Waals surface area (Å²) in [5.41, 5.74) is 3.82. The first kappa shape index (κ1) is 18.5. The molecule has 0 amide bonds. The van der Waals surface area contributed by atoms with Crippen LogP contribution in [0.25, 0.3) is 0 Å². The number of hydrogen-bond donors (Lipinski definition) is 1. The van der Waals surface area contributed by atoms with E-state index in [-0.39, 0.29) is 11.9 Å². The molecule has 0 atom stereocenters. The highest BCUT2D eigenvalue weighted by atomic mass is 19.1. The van der Waals surface area contributed by atoms with Crippen LogP contribution in [0.3, 0.4) is 0 Å². The highest BCUT2D eigenvalue weighted by Crippen LogP contribution is 2.30. The number of likely N-dealkylation sites (N-methyl/N-ethyl adjacent to an activating group) is 1. The van der Waals surface area contributed by atoms with Crippen molar-refractivity contribution < 1.29 is 4.39 Å². The predicted octanol–water partition coefficient (Wildman–Crippen LogP) is 4.78. The van der Waals surface area contributed by atoms with Crippen LogP contribution in [0.4, 0.5) is 15.8 Å². The van der Waals surface area contributed by atoms with Crippen molar-refractivity contribution in [1.29, 1.82) is 0 Å². The van der Waals surface area contributed by atoms with Gasteiger partial charge in [-0.15, -0.1) is 0 Å². The van der Waals surface area contributed by atoms with Gasteiger partial charge >= 0.3 is 0 Å². The van der Waals surface area contributed by atoms with E-state index in [0.29, 0.717) is 5.69 Å². The zero-order chi connectivity index (χ0) is 19.3. The summed E-state index contributed by atoms with van der Waals surface area (Å²) >= 11 is 0. The number of nitrogens with zero attached hydrogens (tertiary/aromatic N) is 2. The Morgan fingerprint density at radius 2 is 1.36 bits per heavy atom. The van der Waals surface area contributed by atoms with E-state index in [9.17, 15) is 4.39 Å². The number of nitrogens with one attached hydrogen (secondary N) is 1. The third kappa shape index (κ3) is 4.18. The molecule has 0 aliphatic carbocycles. The minimum Gasteiger partial charge on any atom is -0.372 e. The maximum absolute atomic E-state index is 14.7. The molecule has 1 saturated heterocycles. The lowest BCUT2D eigenvalue weighted by molar-refractivity contribution is 0.313. The van der Waals surface area contributed by atoms with Crippen LogP contribution in [-0.2, 0) is 0 Å². The minimum absolute atomic E-state index is 0.111. The lowest BCUT2D eigenvalue weighted by Gasteiger charge is -2.34. The van der Waals surface area contributed by atoms with Gasteiger partial charge in [0.05, 0.1) is 11.7 Å². The molecule has 3 nitrogen and oxygen atoms in total. The second-order valence-electron chi connectivity index (χ2n) is 7.35. The van der Waals surface area contributed by atoms with Crippen LogP contribution in [-0.4, -0.2) is 38.1 Å². The van der Waals surface area contributed by atoms with Crippen LogP contribution in [0.2, 0.25) is 0 Å². The Bertz CT molecular complexity index is 851. The van der Waals surface area contributed by atoms with Gasteiger partial charge in [0, 0.05) is 31.9 Å². The highest BCUT2D eigenvalue weighted by molar-refractivity contribution is 5.61. The Labute approximate surface area is 166 Å². The first-order valence-electron chi connectivity index (χ1n) is 9.80. The van der Waals surface area contributed by atoms with Gasteiger partial charge < -0.3 is 15.1 Å². The van der Waals surface area contributed by atoms with E-state index in [4.69, 9.17) is 0 Å². The summed E-state index contributed by atoms with van der Waals surface area (Å²) in [7, 11) is 2.14. The summed E-state index contributed by atoms with van der Waals surface area (Å²) in [6, 6.07) is 25.7. The Kier molecular flexibility index (Phi) is 5.58. The van der Waals surface area contributed by atoms with E-state index < -0.39 is 0 Å². The van der Waals surface area contributed by atoms with Crippen molar-refractivity contribution >= 4 is 11.4 Å². The van der Waals surface area contributed by atoms with Gasteiger partial charge in [-0.05, 0) is 36.4 Å². The molecule has 1 heterocycles. The van der Waals surface area contributed by atoms with Gasteiger partial charge in [-0.2, -0.15) is 0 Å². The minimum atomic E-state index is -0.227. The van der Waals surface area contributed by atoms with E-state index in [1.54, 1.807) is 6.07 Å². The second kappa shape index (κ2) is 8.44. The fourth-order valence-corrected chi connectivity index (χ4v) is 3.69. The molecule has 0 saturated carbocycles. The van der Waals surface area contributed by atoms with E-state index in [1.165, 1.54) is 0 Å². The molecule has 3 aromatic rings. The first-order valence-corrected chi connectivity index (χ1v) is 9.80. The average molecular weight is 375 g/mol. The van der Waals surface area contributed by atoms with E-state index in [0.717, 1.165) is 43.0 Å². The summed E-state index contributed by atoms with van der Waals surface area (Å²) in [6.45, 7) is 3.97. The van der Waals surface area contributed by atoms with Crippen molar-refractivity contribution in [1.82, 2.24) is 4.90 Å². The third-order valence-electron chi connectivity index (χ3n) is 5.38. The SMILES string of the molecule is CN1CCN(c2ccc(F)c(NC(c3ccccc3)c3ccccc3)c2)CC1. The molecule has 0 radical (unpaired) electrons. The average Bonchev–Trinajstić information content (AvgIpc) is 2.75. The molecule has 144 valence electrons. The smallest absolute Gasteiger partial charge is 0.146 e. The van der Waals surface area contributed by atoms with Gasteiger partial charge in [0.25, 0.3) is 0 Å². The van der Waals surface area contributed by atoms with Crippen LogP contribution in [0, 0.1) is 5.82 Å². The van der Waals surface area contributed by atoms with Gasteiger partial charge in [0.15, 0.2) is 0 Å². The van der Waals surface area contributed by atoms with E-state index in [2.05, 4.69) is 46.4 Å². The molecule has 1 fully saturated rings. The molecule has 0 bridgehead atoms. The topological polar surface area (TPSA) is 18.5 Å². The second-order valence-corrected chi connectivity index (χ2v) is 7.35. The summed E-state index contributed by atoms with van der Waals surface area (Å²) in [5, 5.41) is 3.46. The van der Waals surface area contributed by atoms with Crippen LogP contribution >= 0.6 is 0 Å². The predicted molar refractivity (Wildman–Crippen MR) is 114 cm³/mol. The third-order valence-corrected chi connectivity index (χ3v) is 5.38. The van der Waals surface area contributed by atoms with E-state index in [1.807, 2.05) is 48.5 Å². The summed E-state index contributed by atoms with van der Waals surface area (Å²) in [6.07, 6.45) is 0. The number of anilines is 2. The van der Waals surface area contributed by atoms with Gasteiger partial charge in [-0.1, -0.05) is 60.7 Å². The molecule has 0 spiro atoms. The molecule has 1 aliphatic rings. The fraction of sp³-hybridized carbons (Fsp3) is 0.250. The molecular formula is C24H26FN3. The highest BCUT2D eigenvalue weighted by Gasteiger charge is 2.18. The largest absolute Gasteiger partial charge is 0.372 e. The zero-order valence-electron chi connectivity index (χ0n) is 16.2. The molecular weight excluding hydrogens is 349 g/mol. The normalized spacial score (nSPS) is 15.0. The summed E-state index contributed by atoms with van der Waals surface area (Å²) in [5.74, 6) is -0.227. The molecule has 0 aromatic heterocycles. The first-order chi connectivity index (χ1) is 13.7. The molecule has 3 aromatic carbocycles. The Balaban J connectivity index is 1.64. The molecule has 0 unspecified atom stereocenters. The maximum Gasteiger partial charge on any atom is 0.146 e. The van der Waals surface area contributed by atoms with Gasteiger partial charge in [-0.25, -0.2) is 4.39 Å². The molecule has 1 aliphatic heterocycles. The lowest BCUT2D eigenvalue weighted by Crippen LogP contribution is -2.44. The van der Waals surface area contributed by atoms with Crippen molar-refractivity contribution in [2.24, 2.45) is 0 Å². The van der Waals surface area contributed by atoms with Crippen molar-refractivity contribution in [3.8, 4) is 0 Å². The van der Waals surface area contributed by atoms with Gasteiger partial charge in [0.2, 0.25) is 0 Å². The van der Waals surface area contributed by atoms with Crippen molar-refractivity contribution in [3.63, 3.8) is 0 Å². The van der Waals surface area contributed by atoms with Gasteiger partial charge in [0.1, 0.15) is 5.82 Å². The Morgan fingerprint density at radius 3 is 1.93 bits per heavy atom. The van der Waals surface area contributed by atoms with Crippen molar-refractivity contribution in [3.05, 3.63) is 95.8 Å². The quantitative estimate of drug-likeness (QED) is 0.692. The fourth-order valence-electron chi connectivity index (χ4n) is 3.69. The Morgan fingerprint density at radius 1 is 0.786 bits per heavy atom.